The molecule has 0 radical (unpaired) electrons. The van der Waals surface area contributed by atoms with E-state index < -0.39 is 0 Å². The summed E-state index contributed by atoms with van der Waals surface area (Å²) in [6.45, 7) is 11.5. The fourth-order valence-corrected chi connectivity index (χ4v) is 0.984. The van der Waals surface area contributed by atoms with Crippen molar-refractivity contribution >= 4 is 0 Å². The van der Waals surface area contributed by atoms with Crippen molar-refractivity contribution in [2.45, 2.75) is 39.7 Å². The third-order valence-electron chi connectivity index (χ3n) is 1.87. The van der Waals surface area contributed by atoms with Crippen LogP contribution < -0.4 is 0 Å². The van der Waals surface area contributed by atoms with Gasteiger partial charge in [-0.25, -0.2) is 0 Å². The molecule has 0 rings (SSSR count). The number of nitrogens with zero attached hydrogens (tertiary/aromatic N) is 1. The number of rotatable bonds is 5. The van der Waals surface area contributed by atoms with E-state index in [2.05, 4.69) is 32.3 Å². The highest BCUT2D eigenvalue weighted by Gasteiger charge is 2.03. The minimum Gasteiger partial charge on any atom is -0.375 e. The molecule has 0 aliphatic rings. The van der Waals surface area contributed by atoms with Crippen LogP contribution in [0.3, 0.4) is 0 Å². The molecular weight excluding hydrogens is 122 g/mol. The van der Waals surface area contributed by atoms with E-state index in [4.69, 9.17) is 0 Å². The molecule has 0 heterocycles. The van der Waals surface area contributed by atoms with Gasteiger partial charge in [-0.2, -0.15) is 0 Å². The third kappa shape index (κ3) is 2.90. The quantitative estimate of drug-likeness (QED) is 0.569. The molecule has 0 aromatic heterocycles. The lowest BCUT2D eigenvalue weighted by Crippen LogP contribution is -2.27. The van der Waals surface area contributed by atoms with Crippen LogP contribution in [0, 0.1) is 0 Å². The summed E-state index contributed by atoms with van der Waals surface area (Å²) in [4.78, 5) is 2.29. The highest BCUT2D eigenvalue weighted by molar-refractivity contribution is 4.75. The molecule has 0 aliphatic heterocycles. The van der Waals surface area contributed by atoms with E-state index in [1.165, 1.54) is 12.8 Å². The molecular formula is C9H19N. The summed E-state index contributed by atoms with van der Waals surface area (Å²) < 4.78 is 0. The summed E-state index contributed by atoms with van der Waals surface area (Å²) in [6.07, 6.45) is 4.35. The second-order valence-electron chi connectivity index (χ2n) is 2.68. The van der Waals surface area contributed by atoms with Crippen LogP contribution in [0.4, 0.5) is 0 Å². The smallest absolute Gasteiger partial charge is 0.0253 e. The van der Waals surface area contributed by atoms with E-state index in [1.54, 1.807) is 0 Å². The van der Waals surface area contributed by atoms with Crippen LogP contribution in [0.2, 0.25) is 0 Å². The second-order valence-corrected chi connectivity index (χ2v) is 2.68. The zero-order valence-corrected chi connectivity index (χ0v) is 7.43. The maximum Gasteiger partial charge on any atom is 0.0253 e. The Hall–Kier alpha value is -0.460. The van der Waals surface area contributed by atoms with Gasteiger partial charge in [0.25, 0.3) is 0 Å². The van der Waals surface area contributed by atoms with Gasteiger partial charge in [-0.05, 0) is 26.0 Å². The van der Waals surface area contributed by atoms with Crippen LogP contribution in [-0.4, -0.2) is 17.5 Å². The van der Waals surface area contributed by atoms with E-state index >= 15 is 0 Å². The first-order valence-electron chi connectivity index (χ1n) is 4.14. The van der Waals surface area contributed by atoms with Crippen LogP contribution in [0.5, 0.6) is 0 Å². The Labute approximate surface area is 64.7 Å². The molecule has 0 aromatic rings. The first kappa shape index (κ1) is 9.54. The normalized spacial score (nSPS) is 12.7. The predicted octanol–water partition coefficient (Wildman–Crippen LogP) is 2.64. The van der Waals surface area contributed by atoms with Crippen molar-refractivity contribution in [2.75, 3.05) is 6.54 Å². The summed E-state index contributed by atoms with van der Waals surface area (Å²) >= 11 is 0. The molecule has 1 unspecified atom stereocenters. The van der Waals surface area contributed by atoms with Crippen LogP contribution in [0.1, 0.15) is 33.6 Å². The Balaban J connectivity index is 3.67. The Morgan fingerprint density at radius 2 is 2.10 bits per heavy atom. The molecule has 1 atom stereocenters. The lowest BCUT2D eigenvalue weighted by molar-refractivity contribution is 0.287. The molecule has 0 saturated carbocycles. The van der Waals surface area contributed by atoms with E-state index in [9.17, 15) is 0 Å². The first-order valence-corrected chi connectivity index (χ1v) is 4.14. The molecule has 0 saturated heterocycles. The minimum atomic E-state index is 0.650. The summed E-state index contributed by atoms with van der Waals surface area (Å²) in [7, 11) is 0. The van der Waals surface area contributed by atoms with Gasteiger partial charge >= 0.3 is 0 Å². The fourth-order valence-electron chi connectivity index (χ4n) is 0.984. The van der Waals surface area contributed by atoms with Crippen LogP contribution >= 0.6 is 0 Å². The number of hydrogen-bond donors (Lipinski definition) is 0. The topological polar surface area (TPSA) is 3.24 Å². The largest absolute Gasteiger partial charge is 0.375 e. The van der Waals surface area contributed by atoms with Gasteiger partial charge in [-0.1, -0.05) is 20.4 Å². The van der Waals surface area contributed by atoms with Gasteiger partial charge in [-0.3, -0.25) is 0 Å². The zero-order chi connectivity index (χ0) is 7.98. The Kier molecular flexibility index (Phi) is 5.09. The molecule has 0 spiro atoms. The monoisotopic (exact) mass is 141 g/mol. The average Bonchev–Trinajstić information content (AvgIpc) is 1.99. The maximum absolute atomic E-state index is 3.77. The average molecular weight is 141 g/mol. The van der Waals surface area contributed by atoms with E-state index in [-0.39, 0.29) is 0 Å². The summed E-state index contributed by atoms with van der Waals surface area (Å²) in [5, 5.41) is 0. The van der Waals surface area contributed by atoms with Gasteiger partial charge in [0.1, 0.15) is 0 Å². The maximum atomic E-state index is 3.77. The SMILES string of the molecule is C=CN(CCC)C(C)CC. The summed E-state index contributed by atoms with van der Waals surface area (Å²) in [5.74, 6) is 0. The highest BCUT2D eigenvalue weighted by atomic mass is 15.1. The van der Waals surface area contributed by atoms with Gasteiger partial charge in [0.05, 0.1) is 0 Å². The first-order chi connectivity index (χ1) is 4.76. The lowest BCUT2D eigenvalue weighted by Gasteiger charge is -2.25. The second kappa shape index (κ2) is 5.33. The van der Waals surface area contributed by atoms with Gasteiger partial charge < -0.3 is 4.90 Å². The molecule has 0 aromatic carbocycles. The van der Waals surface area contributed by atoms with Crippen molar-refractivity contribution in [3.63, 3.8) is 0 Å². The van der Waals surface area contributed by atoms with Crippen molar-refractivity contribution in [3.8, 4) is 0 Å². The van der Waals surface area contributed by atoms with Crippen LogP contribution in [0.25, 0.3) is 0 Å². The number of hydrogen-bond acceptors (Lipinski definition) is 1. The summed E-state index contributed by atoms with van der Waals surface area (Å²) in [6, 6.07) is 0.650. The van der Waals surface area contributed by atoms with Crippen molar-refractivity contribution in [2.24, 2.45) is 0 Å². The van der Waals surface area contributed by atoms with Gasteiger partial charge in [0.2, 0.25) is 0 Å². The molecule has 0 N–H and O–H groups in total. The molecule has 0 amide bonds. The highest BCUT2D eigenvalue weighted by Crippen LogP contribution is 2.03. The van der Waals surface area contributed by atoms with E-state index in [0.29, 0.717) is 6.04 Å². The van der Waals surface area contributed by atoms with Crippen LogP contribution in [0.15, 0.2) is 12.8 Å². The Morgan fingerprint density at radius 3 is 2.40 bits per heavy atom. The third-order valence-corrected chi connectivity index (χ3v) is 1.87. The van der Waals surface area contributed by atoms with E-state index in [0.717, 1.165) is 6.54 Å². The molecule has 0 aliphatic carbocycles. The lowest BCUT2D eigenvalue weighted by atomic mass is 10.2. The predicted molar refractivity (Wildman–Crippen MR) is 46.9 cm³/mol. The molecule has 1 nitrogen and oxygen atoms in total. The zero-order valence-electron chi connectivity index (χ0n) is 7.43. The molecule has 0 bridgehead atoms. The molecule has 60 valence electrons. The van der Waals surface area contributed by atoms with Gasteiger partial charge in [0, 0.05) is 12.6 Å². The minimum absolute atomic E-state index is 0.650. The summed E-state index contributed by atoms with van der Waals surface area (Å²) in [5.41, 5.74) is 0. The fraction of sp³-hybridized carbons (Fsp3) is 0.778. The van der Waals surface area contributed by atoms with E-state index in [1.807, 2.05) is 6.20 Å². The molecule has 1 heteroatoms. The van der Waals surface area contributed by atoms with Crippen molar-refractivity contribution in [3.05, 3.63) is 12.8 Å². The molecule has 10 heavy (non-hydrogen) atoms. The van der Waals surface area contributed by atoms with Crippen LogP contribution in [-0.2, 0) is 0 Å². The van der Waals surface area contributed by atoms with Crippen molar-refractivity contribution in [1.29, 1.82) is 0 Å². The van der Waals surface area contributed by atoms with Gasteiger partial charge in [0.15, 0.2) is 0 Å². The standard InChI is InChI=1S/C9H19N/c1-5-8-10(7-3)9(4)6-2/h7,9H,3,5-6,8H2,1-2,4H3. The van der Waals surface area contributed by atoms with Crippen molar-refractivity contribution in [1.82, 2.24) is 4.90 Å². The molecule has 0 fully saturated rings. The Bertz CT molecular complexity index is 88.7. The Morgan fingerprint density at radius 1 is 1.50 bits per heavy atom. The van der Waals surface area contributed by atoms with Crippen molar-refractivity contribution < 1.29 is 0 Å². The van der Waals surface area contributed by atoms with Gasteiger partial charge in [-0.15, -0.1) is 0 Å².